The summed E-state index contributed by atoms with van der Waals surface area (Å²) in [4.78, 5) is 28.3. The molecule has 1 N–H and O–H groups in total. The fourth-order valence-corrected chi connectivity index (χ4v) is 5.25. The van der Waals surface area contributed by atoms with Crippen LogP contribution < -0.4 is 15.0 Å². The summed E-state index contributed by atoms with van der Waals surface area (Å²) in [5, 5.41) is 3.39. The Balaban J connectivity index is 1.64. The number of hydrogen-bond donors (Lipinski definition) is 1. The molecule has 0 aliphatic carbocycles. The molecule has 0 bridgehead atoms. The molecule has 1 heterocycles. The summed E-state index contributed by atoms with van der Waals surface area (Å²) in [6.45, 7) is 4.69. The van der Waals surface area contributed by atoms with Crippen LogP contribution in [0.2, 0.25) is 5.02 Å². The van der Waals surface area contributed by atoms with E-state index in [0.717, 1.165) is 33.3 Å². The fraction of sp³-hybridized carbons (Fsp3) is 0.304. The summed E-state index contributed by atoms with van der Waals surface area (Å²) in [6.07, 6.45) is 3.66. The predicted octanol–water partition coefficient (Wildman–Crippen LogP) is 5.58. The van der Waals surface area contributed by atoms with Crippen LogP contribution in [0, 0.1) is 0 Å². The van der Waals surface area contributed by atoms with Gasteiger partial charge in [-0.3, -0.25) is 9.59 Å². The maximum atomic E-state index is 12.4. The predicted molar refractivity (Wildman–Crippen MR) is 137 cm³/mol. The zero-order valence-corrected chi connectivity index (χ0v) is 21.8. The number of anilines is 2. The number of halogens is 3. The van der Waals surface area contributed by atoms with Gasteiger partial charge in [-0.2, -0.15) is 0 Å². The van der Waals surface area contributed by atoms with Gasteiger partial charge in [0, 0.05) is 54.4 Å². The van der Waals surface area contributed by atoms with Crippen LogP contribution in [0.15, 0.2) is 45.4 Å². The maximum Gasteiger partial charge on any atom is 0.248 e. The Bertz CT molecular complexity index is 1040. The molecule has 0 atom stereocenters. The van der Waals surface area contributed by atoms with Gasteiger partial charge in [0.25, 0.3) is 0 Å². The first-order valence-corrected chi connectivity index (χ1v) is 12.1. The Morgan fingerprint density at radius 3 is 2.50 bits per heavy atom. The van der Waals surface area contributed by atoms with Crippen molar-refractivity contribution in [3.05, 3.63) is 55.9 Å². The van der Waals surface area contributed by atoms with Gasteiger partial charge in [-0.15, -0.1) is 0 Å². The third-order valence-electron chi connectivity index (χ3n) is 5.15. The third kappa shape index (κ3) is 6.05. The van der Waals surface area contributed by atoms with Crippen LogP contribution in [0.25, 0.3) is 6.08 Å². The largest absolute Gasteiger partial charge is 0.495 e. The van der Waals surface area contributed by atoms with E-state index in [2.05, 4.69) is 42.1 Å². The lowest BCUT2D eigenvalue weighted by atomic mass is 10.2. The SMILES string of the molecule is CCC(=O)N1CCN(c2ccc(NC(=O)/C=C/c3cc(Br)cc(Br)c3OC)cc2Cl)CC1. The molecule has 1 aliphatic heterocycles. The van der Waals surface area contributed by atoms with Crippen LogP contribution >= 0.6 is 43.5 Å². The monoisotopic (exact) mass is 583 g/mol. The van der Waals surface area contributed by atoms with Crippen molar-refractivity contribution in [3.63, 3.8) is 0 Å². The van der Waals surface area contributed by atoms with E-state index < -0.39 is 0 Å². The second-order valence-electron chi connectivity index (χ2n) is 7.22. The van der Waals surface area contributed by atoms with Crippen molar-refractivity contribution < 1.29 is 14.3 Å². The first-order valence-electron chi connectivity index (χ1n) is 10.2. The number of rotatable bonds is 6. The van der Waals surface area contributed by atoms with Crippen molar-refractivity contribution >= 4 is 72.7 Å². The molecule has 6 nitrogen and oxygen atoms in total. The lowest BCUT2D eigenvalue weighted by Gasteiger charge is -2.36. The summed E-state index contributed by atoms with van der Waals surface area (Å²) in [5.41, 5.74) is 2.26. The van der Waals surface area contributed by atoms with Crippen LogP contribution in [0.5, 0.6) is 5.75 Å². The molecule has 1 saturated heterocycles. The minimum absolute atomic E-state index is 0.176. The number of amides is 2. The Hall–Kier alpha value is -2.03. The zero-order valence-electron chi connectivity index (χ0n) is 17.8. The Labute approximate surface area is 209 Å². The summed E-state index contributed by atoms with van der Waals surface area (Å²) in [7, 11) is 1.58. The number of hydrogen-bond acceptors (Lipinski definition) is 4. The van der Waals surface area contributed by atoms with Gasteiger partial charge < -0.3 is 19.9 Å². The van der Waals surface area contributed by atoms with Crippen LogP contribution in [-0.2, 0) is 9.59 Å². The number of methoxy groups -OCH3 is 1. The second-order valence-corrected chi connectivity index (χ2v) is 9.40. The molecule has 1 fully saturated rings. The molecule has 2 amide bonds. The van der Waals surface area contributed by atoms with Gasteiger partial charge in [0.05, 0.1) is 22.3 Å². The molecule has 9 heteroatoms. The number of nitrogens with zero attached hydrogens (tertiary/aromatic N) is 2. The van der Waals surface area contributed by atoms with E-state index in [9.17, 15) is 9.59 Å². The Kier molecular flexibility index (Phi) is 8.62. The zero-order chi connectivity index (χ0) is 23.3. The second kappa shape index (κ2) is 11.2. The van der Waals surface area contributed by atoms with Crippen LogP contribution in [-0.4, -0.2) is 50.0 Å². The lowest BCUT2D eigenvalue weighted by molar-refractivity contribution is -0.131. The molecule has 2 aromatic rings. The molecule has 1 aliphatic rings. The first kappa shape index (κ1) is 24.6. The summed E-state index contributed by atoms with van der Waals surface area (Å²) >= 11 is 13.4. The highest BCUT2D eigenvalue weighted by molar-refractivity contribution is 9.11. The Morgan fingerprint density at radius 2 is 1.88 bits per heavy atom. The maximum absolute atomic E-state index is 12.4. The molecular weight excluding hydrogens is 562 g/mol. The number of carbonyl (C=O) groups excluding carboxylic acids is 2. The minimum Gasteiger partial charge on any atom is -0.495 e. The van der Waals surface area contributed by atoms with E-state index in [4.69, 9.17) is 16.3 Å². The molecule has 0 radical (unpaired) electrons. The summed E-state index contributed by atoms with van der Waals surface area (Å²) in [5.74, 6) is 0.541. The van der Waals surface area contributed by atoms with Gasteiger partial charge in [-0.1, -0.05) is 34.5 Å². The van der Waals surface area contributed by atoms with Gasteiger partial charge in [-0.05, 0) is 52.3 Å². The number of benzene rings is 2. The average molecular weight is 586 g/mol. The molecule has 0 unspecified atom stereocenters. The molecule has 3 rings (SSSR count). The normalized spacial score (nSPS) is 14.0. The van der Waals surface area contributed by atoms with Crippen LogP contribution in [0.3, 0.4) is 0 Å². The van der Waals surface area contributed by atoms with E-state index in [1.807, 2.05) is 36.1 Å². The molecular formula is C23H24Br2ClN3O3. The summed E-state index contributed by atoms with van der Waals surface area (Å²) in [6, 6.07) is 9.21. The molecule has 0 aromatic heterocycles. The smallest absolute Gasteiger partial charge is 0.248 e. The van der Waals surface area contributed by atoms with Crippen molar-refractivity contribution in [2.24, 2.45) is 0 Å². The van der Waals surface area contributed by atoms with Gasteiger partial charge in [0.1, 0.15) is 5.75 Å². The standard InChI is InChI=1S/C23H24Br2ClN3O3/c1-3-22(31)29-10-8-28(9-11-29)20-6-5-17(14-19(20)26)27-21(30)7-4-15-12-16(24)13-18(25)23(15)32-2/h4-7,12-14H,3,8-11H2,1-2H3,(H,27,30)/b7-4+. The number of piperazine rings is 1. The number of nitrogens with one attached hydrogen (secondary N) is 1. The fourth-order valence-electron chi connectivity index (χ4n) is 3.53. The van der Waals surface area contributed by atoms with Crippen molar-refractivity contribution in [1.82, 2.24) is 4.90 Å². The molecule has 170 valence electrons. The number of ether oxygens (including phenoxy) is 1. The minimum atomic E-state index is -0.279. The highest BCUT2D eigenvalue weighted by Gasteiger charge is 2.21. The van der Waals surface area contributed by atoms with Crippen molar-refractivity contribution in [3.8, 4) is 5.75 Å². The molecule has 0 spiro atoms. The van der Waals surface area contributed by atoms with Gasteiger partial charge >= 0.3 is 0 Å². The summed E-state index contributed by atoms with van der Waals surface area (Å²) < 4.78 is 7.06. The van der Waals surface area contributed by atoms with E-state index in [1.165, 1.54) is 6.08 Å². The van der Waals surface area contributed by atoms with E-state index in [1.54, 1.807) is 19.3 Å². The van der Waals surface area contributed by atoms with Gasteiger partial charge in [0.2, 0.25) is 11.8 Å². The lowest BCUT2D eigenvalue weighted by Crippen LogP contribution is -2.48. The van der Waals surface area contributed by atoms with Crippen molar-refractivity contribution in [1.29, 1.82) is 0 Å². The molecule has 0 saturated carbocycles. The van der Waals surface area contributed by atoms with E-state index in [-0.39, 0.29) is 11.8 Å². The molecule has 32 heavy (non-hydrogen) atoms. The molecule has 2 aromatic carbocycles. The highest BCUT2D eigenvalue weighted by atomic mass is 79.9. The van der Waals surface area contributed by atoms with Gasteiger partial charge in [0.15, 0.2) is 0 Å². The van der Waals surface area contributed by atoms with Crippen LogP contribution in [0.1, 0.15) is 18.9 Å². The first-order chi connectivity index (χ1) is 15.3. The van der Waals surface area contributed by atoms with E-state index in [0.29, 0.717) is 36.0 Å². The van der Waals surface area contributed by atoms with E-state index >= 15 is 0 Å². The van der Waals surface area contributed by atoms with Crippen LogP contribution in [0.4, 0.5) is 11.4 Å². The topological polar surface area (TPSA) is 61.9 Å². The third-order valence-corrected chi connectivity index (χ3v) is 6.50. The quantitative estimate of drug-likeness (QED) is 0.450. The number of carbonyl (C=O) groups is 2. The van der Waals surface area contributed by atoms with Gasteiger partial charge in [-0.25, -0.2) is 0 Å². The van der Waals surface area contributed by atoms with Crippen molar-refractivity contribution in [2.45, 2.75) is 13.3 Å². The average Bonchev–Trinajstić information content (AvgIpc) is 2.77. The Morgan fingerprint density at radius 1 is 1.16 bits per heavy atom. The van der Waals surface area contributed by atoms with Crippen molar-refractivity contribution in [2.75, 3.05) is 43.5 Å². The highest BCUT2D eigenvalue weighted by Crippen LogP contribution is 2.33.